The number of hydrogen-bond acceptors (Lipinski definition) is 4. The number of carbonyl (C=O) groups excluding carboxylic acids is 1. The normalized spacial score (nSPS) is 16.9. The molecule has 0 amide bonds. The van der Waals surface area contributed by atoms with E-state index >= 15 is 0 Å². The van der Waals surface area contributed by atoms with Crippen LogP contribution in [-0.4, -0.2) is 31.4 Å². The summed E-state index contributed by atoms with van der Waals surface area (Å²) in [7, 11) is 1.70. The third-order valence-electron chi connectivity index (χ3n) is 4.92. The molecule has 4 heteroatoms. The highest BCUT2D eigenvalue weighted by Gasteiger charge is 2.33. The Labute approximate surface area is 138 Å². The number of methoxy groups -OCH3 is 1. The Morgan fingerprint density at radius 3 is 2.52 bits per heavy atom. The summed E-state index contributed by atoms with van der Waals surface area (Å²) in [6.07, 6.45) is 6.72. The molecule has 0 aliphatic heterocycles. The molecule has 1 N–H and O–H groups in total. The molecular formula is C19H28O4. The molecule has 0 bridgehead atoms. The number of carbonyl (C=O) groups is 1. The van der Waals surface area contributed by atoms with Crippen molar-refractivity contribution in [3.63, 3.8) is 0 Å². The average Bonchev–Trinajstić information content (AvgIpc) is 2.58. The molecule has 1 aliphatic carbocycles. The van der Waals surface area contributed by atoms with Crippen LogP contribution in [0.4, 0.5) is 0 Å². The molecule has 1 saturated carbocycles. The van der Waals surface area contributed by atoms with Crippen molar-refractivity contribution in [2.75, 3.05) is 20.3 Å². The first-order valence-electron chi connectivity index (χ1n) is 8.55. The standard InChI is InChI=1S/C19H28O4/c1-4-14-12-15(18(21)23-11-10-20)13-16(17(14)22-3)19(2)8-6-5-7-9-19/h12-13,20H,4-11H2,1-3H3. The summed E-state index contributed by atoms with van der Waals surface area (Å²) >= 11 is 0. The van der Waals surface area contributed by atoms with Crippen molar-refractivity contribution in [1.82, 2.24) is 0 Å². The highest BCUT2D eigenvalue weighted by molar-refractivity contribution is 5.90. The van der Waals surface area contributed by atoms with Crippen LogP contribution in [0.25, 0.3) is 0 Å². The first-order valence-corrected chi connectivity index (χ1v) is 8.55. The van der Waals surface area contributed by atoms with Crippen LogP contribution >= 0.6 is 0 Å². The lowest BCUT2D eigenvalue weighted by Gasteiger charge is -2.36. The molecule has 1 fully saturated rings. The molecule has 0 spiro atoms. The fourth-order valence-corrected chi connectivity index (χ4v) is 3.58. The lowest BCUT2D eigenvalue weighted by atomic mass is 9.70. The average molecular weight is 320 g/mol. The smallest absolute Gasteiger partial charge is 0.338 e. The van der Waals surface area contributed by atoms with E-state index in [0.717, 1.165) is 36.1 Å². The van der Waals surface area contributed by atoms with Gasteiger partial charge in [0, 0.05) is 5.56 Å². The third kappa shape index (κ3) is 3.86. The minimum Gasteiger partial charge on any atom is -0.496 e. The minimum absolute atomic E-state index is 0.0267. The zero-order valence-corrected chi connectivity index (χ0v) is 14.5. The van der Waals surface area contributed by atoms with Gasteiger partial charge in [0.2, 0.25) is 0 Å². The maximum atomic E-state index is 12.2. The number of aliphatic hydroxyl groups is 1. The van der Waals surface area contributed by atoms with E-state index in [1.807, 2.05) is 12.1 Å². The summed E-state index contributed by atoms with van der Waals surface area (Å²) in [5, 5.41) is 8.85. The highest BCUT2D eigenvalue weighted by Crippen LogP contribution is 2.44. The summed E-state index contributed by atoms with van der Waals surface area (Å²) in [6, 6.07) is 3.79. The van der Waals surface area contributed by atoms with Gasteiger partial charge in [-0.25, -0.2) is 4.79 Å². The Morgan fingerprint density at radius 1 is 1.26 bits per heavy atom. The number of ether oxygens (including phenoxy) is 2. The largest absolute Gasteiger partial charge is 0.496 e. The van der Waals surface area contributed by atoms with Crippen molar-refractivity contribution in [3.8, 4) is 5.75 Å². The molecule has 0 unspecified atom stereocenters. The van der Waals surface area contributed by atoms with Gasteiger partial charge < -0.3 is 14.6 Å². The Bertz CT molecular complexity index is 545. The van der Waals surface area contributed by atoms with E-state index in [-0.39, 0.29) is 24.6 Å². The second-order valence-electron chi connectivity index (χ2n) is 6.55. The molecule has 2 rings (SSSR count). The number of hydrogen-bond donors (Lipinski definition) is 1. The van der Waals surface area contributed by atoms with Gasteiger partial charge >= 0.3 is 5.97 Å². The van der Waals surface area contributed by atoms with Gasteiger partial charge in [0.25, 0.3) is 0 Å². The van der Waals surface area contributed by atoms with E-state index in [0.29, 0.717) is 5.56 Å². The minimum atomic E-state index is -0.378. The van der Waals surface area contributed by atoms with Gasteiger partial charge in [-0.2, -0.15) is 0 Å². The molecule has 0 saturated heterocycles. The van der Waals surface area contributed by atoms with Crippen molar-refractivity contribution in [3.05, 3.63) is 28.8 Å². The second kappa shape index (κ2) is 7.82. The Hall–Kier alpha value is -1.55. The van der Waals surface area contributed by atoms with Crippen LogP contribution in [0.15, 0.2) is 12.1 Å². The lowest BCUT2D eigenvalue weighted by Crippen LogP contribution is -2.26. The predicted molar refractivity (Wildman–Crippen MR) is 90.2 cm³/mol. The molecule has 1 aromatic carbocycles. The van der Waals surface area contributed by atoms with E-state index in [2.05, 4.69) is 13.8 Å². The Morgan fingerprint density at radius 2 is 1.96 bits per heavy atom. The van der Waals surface area contributed by atoms with E-state index < -0.39 is 0 Å². The number of aliphatic hydroxyl groups excluding tert-OH is 1. The van der Waals surface area contributed by atoms with Crippen LogP contribution < -0.4 is 4.74 Å². The van der Waals surface area contributed by atoms with Crippen LogP contribution in [0.2, 0.25) is 0 Å². The molecule has 4 nitrogen and oxygen atoms in total. The quantitative estimate of drug-likeness (QED) is 0.813. The molecule has 0 atom stereocenters. The van der Waals surface area contributed by atoms with Gasteiger partial charge in [-0.15, -0.1) is 0 Å². The number of rotatable bonds is 6. The predicted octanol–water partition coefficient (Wildman–Crippen LogP) is 3.63. The molecule has 1 aliphatic rings. The lowest BCUT2D eigenvalue weighted by molar-refractivity contribution is 0.0433. The van der Waals surface area contributed by atoms with Crippen LogP contribution in [0.1, 0.15) is 67.4 Å². The van der Waals surface area contributed by atoms with Crippen molar-refractivity contribution < 1.29 is 19.4 Å². The summed E-state index contributed by atoms with van der Waals surface area (Å²) in [4.78, 5) is 12.2. The zero-order chi connectivity index (χ0) is 16.9. The first-order chi connectivity index (χ1) is 11.1. The molecule has 0 radical (unpaired) electrons. The number of esters is 1. The van der Waals surface area contributed by atoms with Crippen molar-refractivity contribution in [1.29, 1.82) is 0 Å². The summed E-state index contributed by atoms with van der Waals surface area (Å²) < 4.78 is 10.8. The van der Waals surface area contributed by atoms with Crippen LogP contribution in [-0.2, 0) is 16.6 Å². The SMILES string of the molecule is CCc1cc(C(=O)OCCO)cc(C2(C)CCCCC2)c1OC. The van der Waals surface area contributed by atoms with E-state index in [9.17, 15) is 4.79 Å². The molecule has 1 aromatic rings. The fourth-order valence-electron chi connectivity index (χ4n) is 3.58. The maximum Gasteiger partial charge on any atom is 0.338 e. The summed E-state index contributed by atoms with van der Waals surface area (Å²) in [5.74, 6) is 0.535. The van der Waals surface area contributed by atoms with Gasteiger partial charge in [-0.1, -0.05) is 33.1 Å². The van der Waals surface area contributed by atoms with E-state index in [1.165, 1.54) is 19.3 Å². The van der Waals surface area contributed by atoms with Crippen LogP contribution in [0.5, 0.6) is 5.75 Å². The van der Waals surface area contributed by atoms with Gasteiger partial charge in [0.15, 0.2) is 0 Å². The molecule has 0 aromatic heterocycles. The summed E-state index contributed by atoms with van der Waals surface area (Å²) in [5.41, 5.74) is 2.75. The number of benzene rings is 1. The molecule has 0 heterocycles. The highest BCUT2D eigenvalue weighted by atomic mass is 16.5. The van der Waals surface area contributed by atoms with Crippen LogP contribution in [0.3, 0.4) is 0 Å². The van der Waals surface area contributed by atoms with Crippen LogP contribution in [0, 0.1) is 0 Å². The van der Waals surface area contributed by atoms with Crippen molar-refractivity contribution >= 4 is 5.97 Å². The number of aryl methyl sites for hydroxylation is 1. The monoisotopic (exact) mass is 320 g/mol. The van der Waals surface area contributed by atoms with Gasteiger partial charge in [0.1, 0.15) is 12.4 Å². The van der Waals surface area contributed by atoms with Crippen molar-refractivity contribution in [2.24, 2.45) is 0 Å². The first kappa shape index (κ1) is 17.8. The Kier molecular flexibility index (Phi) is 6.05. The zero-order valence-electron chi connectivity index (χ0n) is 14.5. The summed E-state index contributed by atoms with van der Waals surface area (Å²) in [6.45, 7) is 4.20. The second-order valence-corrected chi connectivity index (χ2v) is 6.55. The van der Waals surface area contributed by atoms with Gasteiger partial charge in [-0.05, 0) is 42.4 Å². The third-order valence-corrected chi connectivity index (χ3v) is 4.92. The van der Waals surface area contributed by atoms with Gasteiger partial charge in [0.05, 0.1) is 19.3 Å². The molecular weight excluding hydrogens is 292 g/mol. The molecule has 128 valence electrons. The Balaban J connectivity index is 2.47. The van der Waals surface area contributed by atoms with Gasteiger partial charge in [-0.3, -0.25) is 0 Å². The van der Waals surface area contributed by atoms with E-state index in [1.54, 1.807) is 7.11 Å². The topological polar surface area (TPSA) is 55.8 Å². The molecule has 23 heavy (non-hydrogen) atoms. The fraction of sp³-hybridized carbons (Fsp3) is 0.632. The van der Waals surface area contributed by atoms with E-state index in [4.69, 9.17) is 14.6 Å². The maximum absolute atomic E-state index is 12.2. The van der Waals surface area contributed by atoms with Crippen molar-refractivity contribution in [2.45, 2.75) is 57.8 Å².